The van der Waals surface area contributed by atoms with Gasteiger partial charge in [0.05, 0.1) is 0 Å². The van der Waals surface area contributed by atoms with Crippen LogP contribution < -0.4 is 5.73 Å². The first kappa shape index (κ1) is 11.4. The monoisotopic (exact) mass is 241 g/mol. The van der Waals surface area contributed by atoms with Gasteiger partial charge in [0.25, 0.3) is 0 Å². The maximum Gasteiger partial charge on any atom is 0.325 e. The molecule has 0 saturated heterocycles. The third-order valence-corrected chi connectivity index (χ3v) is 3.79. The number of benzene rings is 1. The van der Waals surface area contributed by atoms with Crippen LogP contribution in [0.2, 0.25) is 0 Å². The molecule has 0 spiro atoms. The summed E-state index contributed by atoms with van der Waals surface area (Å²) in [5.41, 5.74) is 5.69. The Bertz CT molecular complexity index is 420. The molecule has 86 valence electrons. The first-order valence-corrected chi connectivity index (χ1v) is 5.90. The van der Waals surface area contributed by atoms with Crippen LogP contribution in [-0.2, 0) is 4.79 Å². The summed E-state index contributed by atoms with van der Waals surface area (Å²) in [6, 6.07) is 3.24. The van der Waals surface area contributed by atoms with Crippen LogP contribution >= 0.6 is 11.8 Å². The van der Waals surface area contributed by atoms with E-state index in [9.17, 15) is 9.18 Å². The summed E-state index contributed by atoms with van der Waals surface area (Å²) < 4.78 is 13.6. The second kappa shape index (κ2) is 4.43. The minimum atomic E-state index is -1.16. The van der Waals surface area contributed by atoms with Gasteiger partial charge in [0, 0.05) is 10.1 Å². The summed E-state index contributed by atoms with van der Waals surface area (Å²) in [4.78, 5) is 11.2. The number of carboxylic acids is 1. The first-order chi connectivity index (χ1) is 7.58. The van der Waals surface area contributed by atoms with Crippen molar-refractivity contribution in [3.8, 4) is 0 Å². The van der Waals surface area contributed by atoms with Crippen molar-refractivity contribution < 1.29 is 14.3 Å². The number of carbonyl (C=O) groups is 1. The molecule has 5 heteroatoms. The number of carboxylic acid groups (broad SMARTS) is 1. The molecule has 0 radical (unpaired) electrons. The highest BCUT2D eigenvalue weighted by Gasteiger charge is 2.24. The van der Waals surface area contributed by atoms with Gasteiger partial charge in [-0.1, -0.05) is 6.07 Å². The van der Waals surface area contributed by atoms with Crippen LogP contribution in [0, 0.1) is 5.82 Å². The molecule has 1 fully saturated rings. The lowest BCUT2D eigenvalue weighted by Crippen LogP contribution is -2.20. The van der Waals surface area contributed by atoms with Gasteiger partial charge in [-0.2, -0.15) is 0 Å². The third kappa shape index (κ3) is 2.54. The molecule has 0 aromatic heterocycles. The Morgan fingerprint density at radius 1 is 1.56 bits per heavy atom. The minimum absolute atomic E-state index is 0.296. The third-order valence-electron chi connectivity index (χ3n) is 2.40. The Balaban J connectivity index is 2.17. The molecule has 0 amide bonds. The Kier molecular flexibility index (Phi) is 3.16. The molecule has 1 aliphatic rings. The largest absolute Gasteiger partial charge is 0.480 e. The molecule has 1 aliphatic carbocycles. The van der Waals surface area contributed by atoms with E-state index in [2.05, 4.69) is 0 Å². The summed E-state index contributed by atoms with van der Waals surface area (Å²) in [7, 11) is 0. The lowest BCUT2D eigenvalue weighted by Gasteiger charge is -2.08. The molecule has 1 atom stereocenters. The van der Waals surface area contributed by atoms with E-state index < -0.39 is 12.0 Å². The summed E-state index contributed by atoms with van der Waals surface area (Å²) in [6.45, 7) is 0. The van der Waals surface area contributed by atoms with Crippen LogP contribution in [0.1, 0.15) is 24.4 Å². The van der Waals surface area contributed by atoms with Crippen molar-refractivity contribution in [1.29, 1.82) is 0 Å². The van der Waals surface area contributed by atoms with E-state index in [0.29, 0.717) is 15.7 Å². The molecular formula is C11H12FNO2S. The Labute approximate surface area is 96.8 Å². The average molecular weight is 241 g/mol. The molecular weight excluding hydrogens is 229 g/mol. The lowest BCUT2D eigenvalue weighted by atomic mass is 10.1. The normalized spacial score (nSPS) is 17.1. The van der Waals surface area contributed by atoms with Crippen LogP contribution in [0.3, 0.4) is 0 Å². The highest BCUT2D eigenvalue weighted by Crippen LogP contribution is 2.40. The fraction of sp³-hybridized carbons (Fsp3) is 0.364. The van der Waals surface area contributed by atoms with Crippen LogP contribution in [0.4, 0.5) is 4.39 Å². The van der Waals surface area contributed by atoms with Crippen molar-refractivity contribution in [2.45, 2.75) is 29.0 Å². The fourth-order valence-electron chi connectivity index (χ4n) is 1.31. The summed E-state index contributed by atoms with van der Waals surface area (Å²) >= 11 is 1.50. The van der Waals surface area contributed by atoms with Crippen molar-refractivity contribution in [2.75, 3.05) is 0 Å². The zero-order valence-corrected chi connectivity index (χ0v) is 9.34. The van der Waals surface area contributed by atoms with E-state index in [0.717, 1.165) is 12.8 Å². The number of rotatable bonds is 4. The molecule has 0 aliphatic heterocycles. The van der Waals surface area contributed by atoms with Crippen molar-refractivity contribution in [3.05, 3.63) is 29.6 Å². The van der Waals surface area contributed by atoms with E-state index in [1.807, 2.05) is 0 Å². The number of hydrogen-bond acceptors (Lipinski definition) is 3. The highest BCUT2D eigenvalue weighted by atomic mass is 32.2. The van der Waals surface area contributed by atoms with Crippen LogP contribution in [-0.4, -0.2) is 16.3 Å². The highest BCUT2D eigenvalue weighted by molar-refractivity contribution is 8.00. The van der Waals surface area contributed by atoms with E-state index in [4.69, 9.17) is 10.8 Å². The molecule has 3 nitrogen and oxygen atoms in total. The van der Waals surface area contributed by atoms with Crippen molar-refractivity contribution >= 4 is 17.7 Å². The second-order valence-electron chi connectivity index (χ2n) is 3.82. The molecule has 1 unspecified atom stereocenters. The molecule has 16 heavy (non-hydrogen) atoms. The molecule has 0 heterocycles. The van der Waals surface area contributed by atoms with Gasteiger partial charge in [0.1, 0.15) is 11.9 Å². The van der Waals surface area contributed by atoms with Gasteiger partial charge in [-0.25, -0.2) is 4.39 Å². The fourth-order valence-corrected chi connectivity index (χ4v) is 2.36. The van der Waals surface area contributed by atoms with Crippen molar-refractivity contribution in [3.63, 3.8) is 0 Å². The molecule has 3 N–H and O–H groups in total. The number of hydrogen-bond donors (Lipinski definition) is 2. The SMILES string of the molecule is NC(C(=O)O)c1ccc(SC2CC2)c(F)c1. The van der Waals surface area contributed by atoms with Crippen LogP contribution in [0.5, 0.6) is 0 Å². The summed E-state index contributed by atoms with van der Waals surface area (Å²) in [6.07, 6.45) is 2.25. The zero-order valence-electron chi connectivity index (χ0n) is 8.52. The van der Waals surface area contributed by atoms with Gasteiger partial charge < -0.3 is 10.8 Å². The average Bonchev–Trinajstić information content (AvgIpc) is 3.03. The predicted octanol–water partition coefficient (Wildman–Crippen LogP) is 2.16. The summed E-state index contributed by atoms with van der Waals surface area (Å²) in [5.74, 6) is -1.53. The quantitative estimate of drug-likeness (QED) is 0.848. The van der Waals surface area contributed by atoms with Gasteiger partial charge in [-0.3, -0.25) is 4.79 Å². The Hall–Kier alpha value is -1.07. The maximum atomic E-state index is 13.6. The predicted molar refractivity (Wildman–Crippen MR) is 59.8 cm³/mol. The van der Waals surface area contributed by atoms with Gasteiger partial charge in [0.15, 0.2) is 0 Å². The van der Waals surface area contributed by atoms with E-state index in [1.54, 1.807) is 12.1 Å². The van der Waals surface area contributed by atoms with Crippen molar-refractivity contribution in [2.24, 2.45) is 5.73 Å². The molecule has 0 bridgehead atoms. The second-order valence-corrected chi connectivity index (χ2v) is 5.17. The van der Waals surface area contributed by atoms with E-state index >= 15 is 0 Å². The van der Waals surface area contributed by atoms with Gasteiger partial charge >= 0.3 is 5.97 Å². The zero-order chi connectivity index (χ0) is 11.7. The van der Waals surface area contributed by atoms with Crippen LogP contribution in [0.25, 0.3) is 0 Å². The molecule has 1 saturated carbocycles. The summed E-state index contributed by atoms with van der Waals surface area (Å²) in [5, 5.41) is 9.22. The Morgan fingerprint density at radius 2 is 2.25 bits per heavy atom. The van der Waals surface area contributed by atoms with E-state index in [1.165, 1.54) is 17.8 Å². The maximum absolute atomic E-state index is 13.6. The smallest absolute Gasteiger partial charge is 0.325 e. The number of thioether (sulfide) groups is 1. The molecule has 1 aromatic carbocycles. The van der Waals surface area contributed by atoms with Gasteiger partial charge in [0.2, 0.25) is 0 Å². The van der Waals surface area contributed by atoms with E-state index in [-0.39, 0.29) is 5.82 Å². The van der Waals surface area contributed by atoms with Crippen molar-refractivity contribution in [1.82, 2.24) is 0 Å². The van der Waals surface area contributed by atoms with Gasteiger partial charge in [-0.15, -0.1) is 11.8 Å². The topological polar surface area (TPSA) is 63.3 Å². The number of aliphatic carboxylic acids is 1. The molecule has 1 aromatic rings. The lowest BCUT2D eigenvalue weighted by molar-refractivity contribution is -0.138. The standard InChI is InChI=1S/C11H12FNO2S/c12-8-5-6(10(13)11(14)15)1-4-9(8)16-7-2-3-7/h1,4-5,7,10H,2-3,13H2,(H,14,15). The minimum Gasteiger partial charge on any atom is -0.480 e. The number of halogens is 1. The van der Waals surface area contributed by atoms with Crippen LogP contribution in [0.15, 0.2) is 23.1 Å². The Morgan fingerprint density at radius 3 is 2.75 bits per heavy atom. The van der Waals surface area contributed by atoms with Gasteiger partial charge in [-0.05, 0) is 30.5 Å². The first-order valence-electron chi connectivity index (χ1n) is 5.02. The molecule has 2 rings (SSSR count). The number of nitrogens with two attached hydrogens (primary N) is 1.